The molecule has 0 aliphatic rings. The molecule has 0 unspecified atom stereocenters. The number of phenols is 2. The molecule has 0 atom stereocenters. The van der Waals surface area contributed by atoms with E-state index in [1.165, 1.54) is 18.2 Å². The minimum absolute atomic E-state index is 0.0117. The van der Waals surface area contributed by atoms with E-state index in [1.54, 1.807) is 12.1 Å². The second-order valence-corrected chi connectivity index (χ2v) is 5.49. The summed E-state index contributed by atoms with van der Waals surface area (Å²) in [6, 6.07) is 9.30. The highest BCUT2D eigenvalue weighted by molar-refractivity contribution is 7.99. The third-order valence-electron chi connectivity index (χ3n) is 2.33. The minimum Gasteiger partial charge on any atom is -0.507 e. The standard InChI is InChI=1S/C13H7Cl2NO2S/c14-7-1-3-10(17)12(5-7)19-13-8(6-16)9(15)2-4-11(13)18/h1-5,17-18H. The molecule has 2 aromatic carbocycles. The fraction of sp³-hybridized carbons (Fsp3) is 0. The number of nitrogens with zero attached hydrogens (tertiary/aromatic N) is 1. The average Bonchev–Trinajstić information content (AvgIpc) is 2.38. The van der Waals surface area contributed by atoms with Crippen molar-refractivity contribution < 1.29 is 10.2 Å². The van der Waals surface area contributed by atoms with Gasteiger partial charge in [0.15, 0.2) is 0 Å². The van der Waals surface area contributed by atoms with Gasteiger partial charge in [-0.25, -0.2) is 0 Å². The first-order valence-corrected chi connectivity index (χ1v) is 6.68. The Kier molecular flexibility index (Phi) is 4.11. The van der Waals surface area contributed by atoms with Crippen molar-refractivity contribution in [1.29, 1.82) is 5.26 Å². The Bertz CT molecular complexity index is 683. The summed E-state index contributed by atoms with van der Waals surface area (Å²) >= 11 is 12.8. The maximum absolute atomic E-state index is 9.82. The van der Waals surface area contributed by atoms with Crippen LogP contribution in [-0.2, 0) is 0 Å². The highest BCUT2D eigenvalue weighted by atomic mass is 35.5. The van der Waals surface area contributed by atoms with Crippen LogP contribution < -0.4 is 0 Å². The number of rotatable bonds is 2. The number of phenolic OH excluding ortho intramolecular Hbond substituents is 2. The fourth-order valence-corrected chi connectivity index (χ4v) is 2.94. The maximum Gasteiger partial charge on any atom is 0.130 e. The summed E-state index contributed by atoms with van der Waals surface area (Å²) in [7, 11) is 0. The molecule has 0 radical (unpaired) electrons. The van der Waals surface area contributed by atoms with Crippen LogP contribution in [0.4, 0.5) is 0 Å². The van der Waals surface area contributed by atoms with Gasteiger partial charge in [0.05, 0.1) is 20.4 Å². The molecule has 0 fully saturated rings. The van der Waals surface area contributed by atoms with E-state index in [4.69, 9.17) is 28.5 Å². The van der Waals surface area contributed by atoms with Gasteiger partial charge in [0, 0.05) is 5.02 Å². The molecule has 0 bridgehead atoms. The summed E-state index contributed by atoms with van der Waals surface area (Å²) in [5.74, 6) is -0.0667. The van der Waals surface area contributed by atoms with Crippen LogP contribution >= 0.6 is 35.0 Å². The van der Waals surface area contributed by atoms with Crippen LogP contribution in [0.25, 0.3) is 0 Å². The molecule has 96 valence electrons. The van der Waals surface area contributed by atoms with Gasteiger partial charge in [0.25, 0.3) is 0 Å². The zero-order valence-corrected chi connectivity index (χ0v) is 11.7. The van der Waals surface area contributed by atoms with Gasteiger partial charge in [-0.2, -0.15) is 5.26 Å². The predicted molar refractivity (Wildman–Crippen MR) is 75.1 cm³/mol. The van der Waals surface area contributed by atoms with Crippen molar-refractivity contribution >= 4 is 35.0 Å². The van der Waals surface area contributed by atoms with Crippen LogP contribution in [0.2, 0.25) is 10.0 Å². The van der Waals surface area contributed by atoms with Gasteiger partial charge in [-0.15, -0.1) is 0 Å². The topological polar surface area (TPSA) is 64.2 Å². The molecule has 6 heteroatoms. The first-order valence-electron chi connectivity index (χ1n) is 5.11. The Balaban J connectivity index is 2.52. The van der Waals surface area contributed by atoms with E-state index < -0.39 is 0 Å². The second-order valence-electron chi connectivity index (χ2n) is 3.60. The Labute approximate surface area is 124 Å². The van der Waals surface area contributed by atoms with Gasteiger partial charge < -0.3 is 10.2 Å². The van der Waals surface area contributed by atoms with Crippen LogP contribution in [0.3, 0.4) is 0 Å². The highest BCUT2D eigenvalue weighted by Gasteiger charge is 2.15. The second kappa shape index (κ2) is 5.62. The van der Waals surface area contributed by atoms with E-state index in [0.29, 0.717) is 9.92 Å². The van der Waals surface area contributed by atoms with Gasteiger partial charge in [0.2, 0.25) is 0 Å². The Morgan fingerprint density at radius 3 is 2.42 bits per heavy atom. The molecule has 2 rings (SSSR count). The Hall–Kier alpha value is -1.54. The van der Waals surface area contributed by atoms with Gasteiger partial charge in [0.1, 0.15) is 17.6 Å². The average molecular weight is 312 g/mol. The van der Waals surface area contributed by atoms with Crippen molar-refractivity contribution in [3.05, 3.63) is 45.9 Å². The molecular weight excluding hydrogens is 305 g/mol. The molecule has 0 spiro atoms. The lowest BCUT2D eigenvalue weighted by Gasteiger charge is -2.09. The van der Waals surface area contributed by atoms with E-state index in [2.05, 4.69) is 0 Å². The van der Waals surface area contributed by atoms with Gasteiger partial charge in [-0.05, 0) is 30.3 Å². The van der Waals surface area contributed by atoms with Crippen LogP contribution in [0.1, 0.15) is 5.56 Å². The van der Waals surface area contributed by atoms with Crippen LogP contribution in [0.5, 0.6) is 11.5 Å². The Morgan fingerprint density at radius 2 is 1.74 bits per heavy atom. The lowest BCUT2D eigenvalue weighted by molar-refractivity contribution is 0.459. The van der Waals surface area contributed by atoms with E-state index in [-0.39, 0.29) is 27.0 Å². The van der Waals surface area contributed by atoms with Crippen molar-refractivity contribution in [2.45, 2.75) is 9.79 Å². The number of benzene rings is 2. The van der Waals surface area contributed by atoms with Crippen molar-refractivity contribution in [3.8, 4) is 17.6 Å². The number of hydrogen-bond acceptors (Lipinski definition) is 4. The monoisotopic (exact) mass is 311 g/mol. The zero-order chi connectivity index (χ0) is 14.0. The number of halogens is 2. The molecule has 0 heterocycles. The smallest absolute Gasteiger partial charge is 0.130 e. The molecule has 2 N–H and O–H groups in total. The summed E-state index contributed by atoms with van der Waals surface area (Å²) in [5.41, 5.74) is 0.158. The van der Waals surface area contributed by atoms with Crippen molar-refractivity contribution in [3.63, 3.8) is 0 Å². The molecule has 0 amide bonds. The molecule has 0 aliphatic heterocycles. The first kappa shape index (κ1) is 13.9. The number of aromatic hydroxyl groups is 2. The molecule has 0 saturated carbocycles. The molecule has 2 aromatic rings. The van der Waals surface area contributed by atoms with Gasteiger partial charge in [-0.3, -0.25) is 0 Å². The van der Waals surface area contributed by atoms with E-state index in [9.17, 15) is 10.2 Å². The van der Waals surface area contributed by atoms with E-state index >= 15 is 0 Å². The van der Waals surface area contributed by atoms with Gasteiger partial charge in [-0.1, -0.05) is 35.0 Å². The summed E-state index contributed by atoms with van der Waals surface area (Å²) in [5, 5.41) is 29.3. The van der Waals surface area contributed by atoms with E-state index in [0.717, 1.165) is 11.8 Å². The predicted octanol–water partition coefficient (Wildman–Crippen LogP) is 4.43. The third kappa shape index (κ3) is 2.90. The summed E-state index contributed by atoms with van der Waals surface area (Å²) < 4.78 is 0. The van der Waals surface area contributed by atoms with E-state index in [1.807, 2.05) is 6.07 Å². The fourth-order valence-electron chi connectivity index (χ4n) is 1.43. The summed E-state index contributed by atoms with van der Waals surface area (Å²) in [6.45, 7) is 0. The molecule has 19 heavy (non-hydrogen) atoms. The number of nitriles is 1. The Morgan fingerprint density at radius 1 is 1.05 bits per heavy atom. The van der Waals surface area contributed by atoms with Crippen LogP contribution in [0.15, 0.2) is 40.1 Å². The van der Waals surface area contributed by atoms with Crippen molar-refractivity contribution in [2.75, 3.05) is 0 Å². The third-order valence-corrected chi connectivity index (χ3v) is 4.05. The van der Waals surface area contributed by atoms with Crippen molar-refractivity contribution in [1.82, 2.24) is 0 Å². The number of hydrogen-bond donors (Lipinski definition) is 2. The zero-order valence-electron chi connectivity index (χ0n) is 9.39. The lowest BCUT2D eigenvalue weighted by Crippen LogP contribution is -1.85. The van der Waals surface area contributed by atoms with Gasteiger partial charge >= 0.3 is 0 Å². The van der Waals surface area contributed by atoms with Crippen LogP contribution in [-0.4, -0.2) is 10.2 Å². The largest absolute Gasteiger partial charge is 0.507 e. The quantitative estimate of drug-likeness (QED) is 0.861. The highest BCUT2D eigenvalue weighted by Crippen LogP contribution is 2.43. The van der Waals surface area contributed by atoms with Crippen molar-refractivity contribution in [2.24, 2.45) is 0 Å². The molecule has 3 nitrogen and oxygen atoms in total. The SMILES string of the molecule is N#Cc1c(Cl)ccc(O)c1Sc1cc(Cl)ccc1O. The normalized spacial score (nSPS) is 10.2. The minimum atomic E-state index is -0.0784. The molecular formula is C13H7Cl2NO2S. The molecule has 0 aliphatic carbocycles. The summed E-state index contributed by atoms with van der Waals surface area (Å²) in [6.07, 6.45) is 0. The maximum atomic E-state index is 9.82. The molecule has 0 aromatic heterocycles. The molecule has 0 saturated heterocycles. The first-order chi connectivity index (χ1) is 9.02. The summed E-state index contributed by atoms with van der Waals surface area (Å²) in [4.78, 5) is 0.717. The van der Waals surface area contributed by atoms with Crippen LogP contribution in [0, 0.1) is 11.3 Å². The lowest BCUT2D eigenvalue weighted by atomic mass is 10.2.